The molecule has 2 heteroatoms. The quantitative estimate of drug-likeness (QED) is 0.421. The Hall–Kier alpha value is 0.434. The molecule has 2 rings (SSSR count). The Balaban J connectivity index is 2.18. The molecular weight excluding hydrogens is 140 g/mol. The fourth-order valence-electron chi connectivity index (χ4n) is 2.88. The molecule has 0 spiro atoms. The van der Waals surface area contributed by atoms with Crippen LogP contribution in [0.15, 0.2) is 0 Å². The van der Waals surface area contributed by atoms with Crippen molar-refractivity contribution >= 4 is 20.5 Å². The molecule has 0 aromatic heterocycles. The molecule has 2 aliphatic rings. The Morgan fingerprint density at radius 3 is 2.22 bits per heavy atom. The molecule has 0 aliphatic heterocycles. The van der Waals surface area contributed by atoms with Crippen LogP contribution in [0, 0.1) is 11.8 Å². The summed E-state index contributed by atoms with van der Waals surface area (Å²) in [6.07, 6.45) is 6.43. The van der Waals surface area contributed by atoms with Gasteiger partial charge in [-0.3, -0.25) is 0 Å². The van der Waals surface area contributed by atoms with E-state index < -0.39 is 0 Å². The van der Waals surface area contributed by atoms with Crippen LogP contribution < -0.4 is 0 Å². The van der Waals surface area contributed by atoms with Gasteiger partial charge in [-0.05, 0) is 18.3 Å². The third kappa shape index (κ3) is 0.836. The summed E-state index contributed by atoms with van der Waals surface area (Å²) in [7, 11) is 2.99. The van der Waals surface area contributed by atoms with E-state index in [-0.39, 0.29) is 0 Å². The summed E-state index contributed by atoms with van der Waals surface area (Å²) >= 11 is 0. The van der Waals surface area contributed by atoms with Crippen LogP contribution in [0.5, 0.6) is 0 Å². The van der Waals surface area contributed by atoms with Crippen LogP contribution in [0.1, 0.15) is 25.7 Å². The summed E-state index contributed by atoms with van der Waals surface area (Å²) in [5.41, 5.74) is 0. The lowest BCUT2D eigenvalue weighted by atomic mass is 9.99. The van der Waals surface area contributed by atoms with Gasteiger partial charge in [0.25, 0.3) is 0 Å². The third-order valence-electron chi connectivity index (χ3n) is 3.46. The van der Waals surface area contributed by atoms with Gasteiger partial charge < -0.3 is 0 Å². The molecule has 0 aromatic rings. The minimum absolute atomic E-state index is 0.989. The molecule has 0 radical (unpaired) electrons. The topological polar surface area (TPSA) is 0 Å². The fourth-order valence-corrected chi connectivity index (χ4v) is 5.08. The predicted octanol–water partition coefficient (Wildman–Crippen LogP) is -0.347. The lowest BCUT2D eigenvalue weighted by Gasteiger charge is -2.29. The second-order valence-corrected chi connectivity index (χ2v) is 11.1. The van der Waals surface area contributed by atoms with Crippen molar-refractivity contribution < 1.29 is 0 Å². The minimum Gasteiger partial charge on any atom is -0.0527 e. The molecule has 9 heavy (non-hydrogen) atoms. The first kappa shape index (κ1) is 6.16. The van der Waals surface area contributed by atoms with Gasteiger partial charge in [0.1, 0.15) is 0 Å². The fraction of sp³-hybridized carbons (Fsp3) is 1.00. The lowest BCUT2D eigenvalue weighted by molar-refractivity contribution is 0.446. The molecule has 52 valence electrons. The largest absolute Gasteiger partial charge is 0.0527 e. The normalized spacial score (nSPS) is 57.3. The standard InChI is InChI=1S/C7H16Si2/c8-7(9)4-5-1-2-6(7)3-5/h5-6H,1-4H2,8-9H3. The van der Waals surface area contributed by atoms with Crippen molar-refractivity contribution in [3.8, 4) is 0 Å². The lowest BCUT2D eigenvalue weighted by Crippen LogP contribution is -2.20. The molecule has 2 saturated carbocycles. The van der Waals surface area contributed by atoms with Crippen molar-refractivity contribution in [3.05, 3.63) is 0 Å². The van der Waals surface area contributed by atoms with E-state index >= 15 is 0 Å². The molecule has 0 aromatic carbocycles. The van der Waals surface area contributed by atoms with Crippen molar-refractivity contribution in [1.29, 1.82) is 0 Å². The maximum atomic E-state index is 1.64. The third-order valence-corrected chi connectivity index (χ3v) is 5.91. The minimum atomic E-state index is 0.989. The van der Waals surface area contributed by atoms with E-state index in [0.717, 1.165) is 4.66 Å². The van der Waals surface area contributed by atoms with E-state index in [1.54, 1.807) is 25.7 Å². The van der Waals surface area contributed by atoms with E-state index in [1.807, 2.05) is 0 Å². The highest BCUT2D eigenvalue weighted by Gasteiger charge is 2.44. The smallest absolute Gasteiger partial charge is 0.00659 e. The Morgan fingerprint density at radius 2 is 2.00 bits per heavy atom. The van der Waals surface area contributed by atoms with Crippen LogP contribution in [-0.2, 0) is 0 Å². The molecule has 2 aliphatic carbocycles. The first-order chi connectivity index (χ1) is 4.18. The Morgan fingerprint density at radius 1 is 1.22 bits per heavy atom. The number of fused-ring (bicyclic) bond motifs is 2. The van der Waals surface area contributed by atoms with Crippen molar-refractivity contribution in [3.63, 3.8) is 0 Å². The summed E-state index contributed by atoms with van der Waals surface area (Å²) in [6, 6.07) is 0. The summed E-state index contributed by atoms with van der Waals surface area (Å²) in [4.78, 5) is 0. The van der Waals surface area contributed by atoms with Gasteiger partial charge in [0.05, 0.1) is 0 Å². The summed E-state index contributed by atoms with van der Waals surface area (Å²) in [6.45, 7) is 0. The molecule has 2 bridgehead atoms. The number of hydrogen-bond donors (Lipinski definition) is 0. The van der Waals surface area contributed by atoms with Gasteiger partial charge in [-0.15, -0.1) is 0 Å². The number of hydrogen-bond acceptors (Lipinski definition) is 0. The van der Waals surface area contributed by atoms with Gasteiger partial charge in [0.2, 0.25) is 0 Å². The Labute approximate surface area is 63.3 Å². The summed E-state index contributed by atoms with van der Waals surface area (Å²) in [5.74, 6) is 2.39. The van der Waals surface area contributed by atoms with Crippen LogP contribution in [0.3, 0.4) is 0 Å². The molecular formula is C7H16Si2. The highest BCUT2D eigenvalue weighted by Crippen LogP contribution is 2.56. The van der Waals surface area contributed by atoms with Crippen LogP contribution in [-0.4, -0.2) is 20.5 Å². The highest BCUT2D eigenvalue weighted by atomic mass is 28.2. The molecule has 2 fully saturated rings. The Kier molecular flexibility index (Phi) is 1.18. The first-order valence-corrected chi connectivity index (χ1v) is 6.18. The maximum Gasteiger partial charge on any atom is 0.00659 e. The van der Waals surface area contributed by atoms with Crippen LogP contribution in [0.25, 0.3) is 0 Å². The second kappa shape index (κ2) is 1.73. The highest BCUT2D eigenvalue weighted by molar-refractivity contribution is 6.40. The van der Waals surface area contributed by atoms with Crippen molar-refractivity contribution in [2.45, 2.75) is 30.3 Å². The zero-order chi connectivity index (χ0) is 6.48. The van der Waals surface area contributed by atoms with E-state index in [0.29, 0.717) is 0 Å². The van der Waals surface area contributed by atoms with E-state index in [9.17, 15) is 0 Å². The van der Waals surface area contributed by atoms with Gasteiger partial charge in [0, 0.05) is 20.5 Å². The molecule has 0 amide bonds. The van der Waals surface area contributed by atoms with Crippen molar-refractivity contribution in [1.82, 2.24) is 0 Å². The number of rotatable bonds is 0. The van der Waals surface area contributed by atoms with Crippen molar-refractivity contribution in [2.75, 3.05) is 0 Å². The van der Waals surface area contributed by atoms with Gasteiger partial charge >= 0.3 is 0 Å². The monoisotopic (exact) mass is 156 g/mol. The van der Waals surface area contributed by atoms with Crippen LogP contribution in [0.4, 0.5) is 0 Å². The molecule has 0 heterocycles. The first-order valence-electron chi connectivity index (χ1n) is 4.18. The molecule has 0 saturated heterocycles. The van der Waals surface area contributed by atoms with E-state index in [4.69, 9.17) is 0 Å². The zero-order valence-corrected chi connectivity index (χ0v) is 10.5. The van der Waals surface area contributed by atoms with Gasteiger partial charge in [0.15, 0.2) is 0 Å². The maximum absolute atomic E-state index is 1.64. The molecule has 2 atom stereocenters. The van der Waals surface area contributed by atoms with Crippen LogP contribution >= 0.6 is 0 Å². The SMILES string of the molecule is [SiH3]C1([SiH3])CC2CCC1C2. The molecule has 0 N–H and O–H groups in total. The van der Waals surface area contributed by atoms with Crippen molar-refractivity contribution in [2.24, 2.45) is 11.8 Å². The van der Waals surface area contributed by atoms with E-state index in [2.05, 4.69) is 0 Å². The summed E-state index contributed by atoms with van der Waals surface area (Å²) < 4.78 is 0.989. The van der Waals surface area contributed by atoms with Gasteiger partial charge in [-0.25, -0.2) is 0 Å². The van der Waals surface area contributed by atoms with Gasteiger partial charge in [-0.2, -0.15) is 0 Å². The van der Waals surface area contributed by atoms with Crippen LogP contribution in [0.2, 0.25) is 4.66 Å². The van der Waals surface area contributed by atoms with E-state index in [1.165, 1.54) is 32.3 Å². The Bertz CT molecular complexity index is 131. The zero-order valence-electron chi connectivity index (χ0n) is 6.48. The van der Waals surface area contributed by atoms with Gasteiger partial charge in [-0.1, -0.05) is 23.9 Å². The average Bonchev–Trinajstić information content (AvgIpc) is 2.19. The molecule has 2 unspecified atom stereocenters. The predicted molar refractivity (Wildman–Crippen MR) is 48.0 cm³/mol. The summed E-state index contributed by atoms with van der Waals surface area (Å²) in [5, 5.41) is 0. The average molecular weight is 156 g/mol. The molecule has 0 nitrogen and oxygen atoms in total. The second-order valence-electron chi connectivity index (χ2n) is 4.57.